The van der Waals surface area contributed by atoms with Gasteiger partial charge in [0.1, 0.15) is 0 Å². The summed E-state index contributed by atoms with van der Waals surface area (Å²) in [6.07, 6.45) is 5.65. The van der Waals surface area contributed by atoms with Gasteiger partial charge in [-0.3, -0.25) is 4.90 Å². The van der Waals surface area contributed by atoms with E-state index in [-0.39, 0.29) is 4.83 Å². The average Bonchev–Trinajstić information content (AvgIpc) is 2.63. The zero-order valence-electron chi connectivity index (χ0n) is 7.08. The van der Waals surface area contributed by atoms with Crippen LogP contribution in [0.1, 0.15) is 19.3 Å². The van der Waals surface area contributed by atoms with Crippen molar-refractivity contribution in [2.45, 2.75) is 41.9 Å². The van der Waals surface area contributed by atoms with Gasteiger partial charge in [-0.15, -0.1) is 0 Å². The van der Waals surface area contributed by atoms with Gasteiger partial charge in [-0.25, -0.2) is 0 Å². The third-order valence-corrected chi connectivity index (χ3v) is 5.41. The summed E-state index contributed by atoms with van der Waals surface area (Å²) >= 11 is 7.06. The molecular weight excluding hydrogens is 298 g/mol. The molecule has 13 heavy (non-hydrogen) atoms. The molecule has 0 amide bonds. The minimum atomic E-state index is -0.744. The van der Waals surface area contributed by atoms with Crippen LogP contribution in [0.25, 0.3) is 0 Å². The number of rotatable bonds is 0. The third-order valence-electron chi connectivity index (χ3n) is 3.55. The SMILES string of the molecule is O[C@]12C(Br)=C[C@@H]3CC[C@H](C[C@H]1Br)N32. The predicted octanol–water partition coefficient (Wildman–Crippen LogP) is 1.97. The van der Waals surface area contributed by atoms with Crippen LogP contribution in [0.2, 0.25) is 0 Å². The Morgan fingerprint density at radius 2 is 2.31 bits per heavy atom. The maximum absolute atomic E-state index is 10.5. The lowest BCUT2D eigenvalue weighted by Gasteiger charge is -2.32. The minimum absolute atomic E-state index is 0.181. The first-order valence-electron chi connectivity index (χ1n) is 4.66. The molecule has 3 rings (SSSR count). The van der Waals surface area contributed by atoms with Crippen LogP contribution in [0, 0.1) is 0 Å². The summed E-state index contributed by atoms with van der Waals surface area (Å²) in [6.45, 7) is 0. The molecule has 72 valence electrons. The van der Waals surface area contributed by atoms with Gasteiger partial charge >= 0.3 is 0 Å². The first kappa shape index (κ1) is 8.89. The summed E-state index contributed by atoms with van der Waals surface area (Å²) in [5, 5.41) is 10.5. The molecule has 0 bridgehead atoms. The number of hydrogen-bond donors (Lipinski definition) is 1. The lowest BCUT2D eigenvalue weighted by atomic mass is 10.1. The molecule has 0 aliphatic carbocycles. The van der Waals surface area contributed by atoms with Crippen LogP contribution in [-0.4, -0.2) is 32.6 Å². The van der Waals surface area contributed by atoms with Crippen molar-refractivity contribution in [1.29, 1.82) is 0 Å². The Bertz CT molecular complexity index is 293. The van der Waals surface area contributed by atoms with Crippen LogP contribution in [0.4, 0.5) is 0 Å². The molecule has 3 aliphatic heterocycles. The van der Waals surface area contributed by atoms with Gasteiger partial charge in [-0.1, -0.05) is 37.9 Å². The van der Waals surface area contributed by atoms with Crippen molar-refractivity contribution in [3.63, 3.8) is 0 Å². The second kappa shape index (κ2) is 2.60. The third kappa shape index (κ3) is 0.907. The Morgan fingerprint density at radius 1 is 1.54 bits per heavy atom. The fraction of sp³-hybridized carbons (Fsp3) is 0.778. The van der Waals surface area contributed by atoms with E-state index >= 15 is 0 Å². The highest BCUT2D eigenvalue weighted by Crippen LogP contribution is 2.54. The molecule has 1 N–H and O–H groups in total. The van der Waals surface area contributed by atoms with E-state index < -0.39 is 5.72 Å². The highest BCUT2D eigenvalue weighted by molar-refractivity contribution is 9.12. The maximum Gasteiger partial charge on any atom is 0.164 e. The van der Waals surface area contributed by atoms with Crippen LogP contribution in [0.5, 0.6) is 0 Å². The van der Waals surface area contributed by atoms with Gasteiger partial charge < -0.3 is 5.11 Å². The summed E-state index contributed by atoms with van der Waals surface area (Å²) in [5.41, 5.74) is -0.744. The smallest absolute Gasteiger partial charge is 0.164 e. The molecule has 3 aliphatic rings. The van der Waals surface area contributed by atoms with Gasteiger partial charge in [0.2, 0.25) is 0 Å². The van der Waals surface area contributed by atoms with E-state index in [1.807, 2.05) is 0 Å². The molecule has 0 aromatic heterocycles. The predicted molar refractivity (Wildman–Crippen MR) is 57.9 cm³/mol. The Kier molecular flexibility index (Phi) is 1.78. The van der Waals surface area contributed by atoms with E-state index in [9.17, 15) is 5.11 Å². The molecule has 0 unspecified atom stereocenters. The molecule has 4 heteroatoms. The van der Waals surface area contributed by atoms with Crippen molar-refractivity contribution < 1.29 is 5.11 Å². The molecule has 0 saturated carbocycles. The summed E-state index contributed by atoms with van der Waals surface area (Å²) in [4.78, 5) is 2.44. The van der Waals surface area contributed by atoms with E-state index in [1.165, 1.54) is 12.8 Å². The van der Waals surface area contributed by atoms with Gasteiger partial charge in [-0.2, -0.15) is 0 Å². The lowest BCUT2D eigenvalue weighted by Crippen LogP contribution is -2.48. The Balaban J connectivity index is 2.10. The fourth-order valence-electron chi connectivity index (χ4n) is 2.97. The number of nitrogens with zero attached hydrogens (tertiary/aromatic N) is 1. The van der Waals surface area contributed by atoms with Gasteiger partial charge in [0.05, 0.1) is 4.83 Å². The van der Waals surface area contributed by atoms with E-state index in [0.29, 0.717) is 12.1 Å². The monoisotopic (exact) mass is 307 g/mol. The Hall–Kier alpha value is 0.620. The van der Waals surface area contributed by atoms with E-state index in [1.54, 1.807) is 0 Å². The van der Waals surface area contributed by atoms with E-state index in [0.717, 1.165) is 10.9 Å². The van der Waals surface area contributed by atoms with E-state index in [4.69, 9.17) is 0 Å². The Labute approximate surface area is 94.2 Å². The maximum atomic E-state index is 10.5. The molecule has 3 heterocycles. The normalized spacial score (nSPS) is 54.1. The highest BCUT2D eigenvalue weighted by atomic mass is 79.9. The summed E-state index contributed by atoms with van der Waals surface area (Å²) in [5.74, 6) is 0. The molecule has 2 saturated heterocycles. The van der Waals surface area contributed by atoms with Crippen molar-refractivity contribution in [3.8, 4) is 0 Å². The van der Waals surface area contributed by atoms with Crippen LogP contribution in [-0.2, 0) is 0 Å². The van der Waals surface area contributed by atoms with Crippen LogP contribution in [0.15, 0.2) is 10.6 Å². The second-order valence-electron chi connectivity index (χ2n) is 4.15. The number of aliphatic hydroxyl groups is 1. The van der Waals surface area contributed by atoms with Gasteiger partial charge in [0.25, 0.3) is 0 Å². The van der Waals surface area contributed by atoms with Crippen molar-refractivity contribution in [1.82, 2.24) is 4.90 Å². The lowest BCUT2D eigenvalue weighted by molar-refractivity contribution is -0.0369. The first-order valence-corrected chi connectivity index (χ1v) is 6.37. The second-order valence-corrected chi connectivity index (χ2v) is 6.11. The molecular formula is C9H11Br2NO. The van der Waals surface area contributed by atoms with Crippen molar-refractivity contribution in [2.75, 3.05) is 0 Å². The van der Waals surface area contributed by atoms with Gasteiger partial charge in [-0.05, 0) is 19.3 Å². The van der Waals surface area contributed by atoms with Crippen LogP contribution < -0.4 is 0 Å². The Morgan fingerprint density at radius 3 is 3.08 bits per heavy atom. The molecule has 0 aromatic rings. The standard InChI is InChI=1S/C9H11Br2NO/c10-7-3-5-1-2-6-4-8(11)9(7,13)12(5)6/h3,5-6,8,13H,1-2,4H2/t5-,6+,8+,9+/m0/s1. The highest BCUT2D eigenvalue weighted by Gasteiger charge is 2.60. The molecule has 4 atom stereocenters. The molecule has 2 fully saturated rings. The fourth-order valence-corrected chi connectivity index (χ4v) is 4.98. The molecule has 2 nitrogen and oxygen atoms in total. The van der Waals surface area contributed by atoms with Crippen molar-refractivity contribution in [3.05, 3.63) is 10.6 Å². The van der Waals surface area contributed by atoms with Crippen LogP contribution in [0.3, 0.4) is 0 Å². The summed E-state index contributed by atoms with van der Waals surface area (Å²) in [7, 11) is 0. The number of halogens is 2. The molecule has 0 radical (unpaired) electrons. The molecule has 0 spiro atoms. The largest absolute Gasteiger partial charge is 0.370 e. The minimum Gasteiger partial charge on any atom is -0.370 e. The summed E-state index contributed by atoms with van der Waals surface area (Å²) < 4.78 is 0.953. The zero-order chi connectivity index (χ0) is 9.22. The number of hydrogen-bond acceptors (Lipinski definition) is 2. The average molecular weight is 309 g/mol. The zero-order valence-corrected chi connectivity index (χ0v) is 10.3. The van der Waals surface area contributed by atoms with Crippen molar-refractivity contribution in [2.24, 2.45) is 0 Å². The molecule has 0 aromatic carbocycles. The first-order chi connectivity index (χ1) is 6.14. The number of alkyl halides is 1. The van der Waals surface area contributed by atoms with Gasteiger partial charge in [0.15, 0.2) is 5.72 Å². The summed E-state index contributed by atoms with van der Waals surface area (Å²) in [6, 6.07) is 1.04. The van der Waals surface area contributed by atoms with Crippen LogP contribution >= 0.6 is 31.9 Å². The topological polar surface area (TPSA) is 23.5 Å². The van der Waals surface area contributed by atoms with Crippen molar-refractivity contribution >= 4 is 31.9 Å². The van der Waals surface area contributed by atoms with Gasteiger partial charge in [0, 0.05) is 16.6 Å². The van der Waals surface area contributed by atoms with E-state index in [2.05, 4.69) is 42.8 Å². The quantitative estimate of drug-likeness (QED) is 0.692.